The van der Waals surface area contributed by atoms with Crippen molar-refractivity contribution in [2.24, 2.45) is 0 Å². The summed E-state index contributed by atoms with van der Waals surface area (Å²) in [6.07, 6.45) is 4.58. The summed E-state index contributed by atoms with van der Waals surface area (Å²) in [4.78, 5) is 11.2. The molecule has 0 aliphatic heterocycles. The largest absolute Gasteiger partial charge is 0.545 e. The number of carbonyl (C=O) groups excluding carboxylic acids is 1. The first-order chi connectivity index (χ1) is 13.1. The molecule has 0 aromatic heterocycles. The van der Waals surface area contributed by atoms with E-state index in [0.717, 1.165) is 54.5 Å². The van der Waals surface area contributed by atoms with Crippen LogP contribution >= 0.6 is 0 Å². The number of hydrogen-bond donors (Lipinski definition) is 0. The lowest BCUT2D eigenvalue weighted by molar-refractivity contribution is -0.255. The number of benzene rings is 3. The van der Waals surface area contributed by atoms with E-state index in [-0.39, 0.29) is 11.3 Å². The number of rotatable bonds is 4. The van der Waals surface area contributed by atoms with E-state index < -0.39 is 17.4 Å². The van der Waals surface area contributed by atoms with Gasteiger partial charge in [0, 0.05) is 11.1 Å². The van der Waals surface area contributed by atoms with Crippen molar-refractivity contribution in [2.75, 3.05) is 0 Å². The van der Waals surface area contributed by atoms with Gasteiger partial charge >= 0.3 is 0 Å². The van der Waals surface area contributed by atoms with Crippen LogP contribution in [0.1, 0.15) is 48.0 Å². The fraction of sp³-hybridized carbons (Fsp3) is 0.261. The molecule has 0 N–H and O–H groups in total. The Kier molecular flexibility index (Phi) is 4.56. The van der Waals surface area contributed by atoms with Gasteiger partial charge in [-0.05, 0) is 54.7 Å². The summed E-state index contributed by atoms with van der Waals surface area (Å²) in [6.45, 7) is 0. The lowest BCUT2D eigenvalue weighted by Gasteiger charge is -2.39. The Morgan fingerprint density at radius 1 is 0.963 bits per heavy atom. The fourth-order valence-electron chi connectivity index (χ4n) is 4.09. The van der Waals surface area contributed by atoms with E-state index in [0.29, 0.717) is 0 Å². The first kappa shape index (κ1) is 17.5. The second-order valence-corrected chi connectivity index (χ2v) is 7.12. The molecule has 27 heavy (non-hydrogen) atoms. The summed E-state index contributed by atoms with van der Waals surface area (Å²) in [6, 6.07) is 17.7. The Morgan fingerprint density at radius 2 is 1.70 bits per heavy atom. The van der Waals surface area contributed by atoms with Crippen molar-refractivity contribution >= 4 is 16.7 Å². The Balaban J connectivity index is 1.84. The minimum Gasteiger partial charge on any atom is -0.545 e. The first-order valence-corrected chi connectivity index (χ1v) is 9.27. The minimum atomic E-state index is -1.34. The normalized spacial score (nSPS) is 16.2. The second-order valence-electron chi connectivity index (χ2n) is 7.12. The molecule has 0 radical (unpaired) electrons. The van der Waals surface area contributed by atoms with Crippen molar-refractivity contribution in [3.05, 3.63) is 77.6 Å². The molecule has 3 nitrogen and oxygen atoms in total. The third-order valence-corrected chi connectivity index (χ3v) is 5.41. The van der Waals surface area contributed by atoms with Gasteiger partial charge in [0.1, 0.15) is 5.60 Å². The third-order valence-electron chi connectivity index (χ3n) is 5.41. The maximum atomic E-state index is 14.4. The van der Waals surface area contributed by atoms with E-state index >= 15 is 0 Å². The van der Waals surface area contributed by atoms with Crippen molar-refractivity contribution in [2.45, 2.75) is 37.7 Å². The SMILES string of the molecule is O=C([O-])c1ccc(F)c(OC2(c3cccc4ccccc34)CCCCC2)c1. The third kappa shape index (κ3) is 3.27. The van der Waals surface area contributed by atoms with E-state index in [9.17, 15) is 14.3 Å². The second kappa shape index (κ2) is 7.03. The predicted molar refractivity (Wildman–Crippen MR) is 100 cm³/mol. The fourth-order valence-corrected chi connectivity index (χ4v) is 4.09. The Labute approximate surface area is 157 Å². The van der Waals surface area contributed by atoms with Crippen LogP contribution in [0.4, 0.5) is 4.39 Å². The Bertz CT molecular complexity index is 985. The molecule has 3 aromatic rings. The summed E-state index contributed by atoms with van der Waals surface area (Å²) >= 11 is 0. The highest BCUT2D eigenvalue weighted by Crippen LogP contribution is 2.44. The van der Waals surface area contributed by atoms with Crippen LogP contribution in [0.2, 0.25) is 0 Å². The van der Waals surface area contributed by atoms with Crippen molar-refractivity contribution in [1.82, 2.24) is 0 Å². The molecule has 0 saturated heterocycles. The topological polar surface area (TPSA) is 49.4 Å². The molecule has 0 atom stereocenters. The summed E-state index contributed by atoms with van der Waals surface area (Å²) in [7, 11) is 0. The molecule has 4 rings (SSSR count). The molecule has 3 aromatic carbocycles. The zero-order valence-corrected chi connectivity index (χ0v) is 14.9. The Hall–Kier alpha value is -2.88. The molecule has 138 valence electrons. The molecular formula is C23H20FO3-. The number of aromatic carboxylic acids is 1. The van der Waals surface area contributed by atoms with Crippen LogP contribution in [0.5, 0.6) is 5.75 Å². The zero-order chi connectivity index (χ0) is 18.9. The van der Waals surface area contributed by atoms with E-state index in [1.54, 1.807) is 0 Å². The summed E-state index contributed by atoms with van der Waals surface area (Å²) in [5, 5.41) is 13.4. The molecule has 0 spiro atoms. The number of halogens is 1. The van der Waals surface area contributed by atoms with Crippen molar-refractivity contribution in [1.29, 1.82) is 0 Å². The van der Waals surface area contributed by atoms with Gasteiger partial charge in [0.2, 0.25) is 0 Å². The average Bonchev–Trinajstić information content (AvgIpc) is 2.70. The zero-order valence-electron chi connectivity index (χ0n) is 14.9. The first-order valence-electron chi connectivity index (χ1n) is 9.27. The molecular weight excluding hydrogens is 343 g/mol. The van der Waals surface area contributed by atoms with Crippen molar-refractivity contribution in [3.63, 3.8) is 0 Å². The Morgan fingerprint density at radius 3 is 2.48 bits per heavy atom. The molecule has 0 unspecified atom stereocenters. The summed E-state index contributed by atoms with van der Waals surface area (Å²) in [5.41, 5.74) is 0.263. The number of fused-ring (bicyclic) bond motifs is 1. The monoisotopic (exact) mass is 363 g/mol. The van der Waals surface area contributed by atoms with Crippen LogP contribution in [0.3, 0.4) is 0 Å². The van der Waals surface area contributed by atoms with E-state index in [1.807, 2.05) is 36.4 Å². The van der Waals surface area contributed by atoms with Crippen LogP contribution < -0.4 is 9.84 Å². The van der Waals surface area contributed by atoms with Crippen LogP contribution in [-0.2, 0) is 5.60 Å². The maximum Gasteiger partial charge on any atom is 0.165 e. The summed E-state index contributed by atoms with van der Waals surface area (Å²) in [5.74, 6) is -1.94. The van der Waals surface area contributed by atoms with Gasteiger partial charge in [-0.3, -0.25) is 0 Å². The lowest BCUT2D eigenvalue weighted by Crippen LogP contribution is -2.36. The molecule has 0 heterocycles. The lowest BCUT2D eigenvalue weighted by atomic mass is 9.77. The molecule has 0 bridgehead atoms. The van der Waals surface area contributed by atoms with Gasteiger partial charge in [-0.1, -0.05) is 48.9 Å². The predicted octanol–water partition coefficient (Wildman–Crippen LogP) is 4.58. The average molecular weight is 363 g/mol. The minimum absolute atomic E-state index is 0.0356. The van der Waals surface area contributed by atoms with Gasteiger partial charge < -0.3 is 14.6 Å². The van der Waals surface area contributed by atoms with Crippen molar-refractivity contribution < 1.29 is 19.0 Å². The number of ether oxygens (including phenoxy) is 1. The summed E-state index contributed by atoms with van der Waals surface area (Å²) < 4.78 is 20.7. The number of carboxylic acid groups (broad SMARTS) is 1. The van der Waals surface area contributed by atoms with E-state index in [4.69, 9.17) is 4.74 Å². The van der Waals surface area contributed by atoms with E-state index in [1.165, 1.54) is 12.1 Å². The number of carbonyl (C=O) groups is 1. The van der Waals surface area contributed by atoms with Crippen molar-refractivity contribution in [3.8, 4) is 5.75 Å². The molecule has 4 heteroatoms. The van der Waals surface area contributed by atoms with Gasteiger partial charge in [-0.15, -0.1) is 0 Å². The number of carboxylic acids is 1. The van der Waals surface area contributed by atoms with Gasteiger partial charge in [0.05, 0.1) is 5.97 Å². The highest BCUT2D eigenvalue weighted by Gasteiger charge is 2.38. The highest BCUT2D eigenvalue weighted by molar-refractivity contribution is 5.87. The standard InChI is InChI=1S/C23H21FO3/c24-20-12-11-17(22(25)26)15-21(20)27-23(13-4-1-5-14-23)19-10-6-8-16-7-2-3-9-18(16)19/h2-3,6-12,15H,1,4-5,13-14H2,(H,25,26)/p-1. The quantitative estimate of drug-likeness (QED) is 0.682. The molecule has 1 saturated carbocycles. The molecule has 1 aliphatic rings. The van der Waals surface area contributed by atoms with Gasteiger partial charge in [-0.2, -0.15) is 0 Å². The van der Waals surface area contributed by atoms with Crippen LogP contribution in [0.15, 0.2) is 60.7 Å². The molecule has 1 aliphatic carbocycles. The highest BCUT2D eigenvalue weighted by atomic mass is 19.1. The smallest absolute Gasteiger partial charge is 0.165 e. The van der Waals surface area contributed by atoms with Crippen LogP contribution in [0, 0.1) is 5.82 Å². The van der Waals surface area contributed by atoms with Gasteiger partial charge in [0.15, 0.2) is 11.6 Å². The van der Waals surface area contributed by atoms with Gasteiger partial charge in [-0.25, -0.2) is 4.39 Å². The molecule has 0 amide bonds. The number of hydrogen-bond acceptors (Lipinski definition) is 3. The van der Waals surface area contributed by atoms with Crippen LogP contribution in [-0.4, -0.2) is 5.97 Å². The molecule has 1 fully saturated rings. The maximum absolute atomic E-state index is 14.4. The van der Waals surface area contributed by atoms with Gasteiger partial charge in [0.25, 0.3) is 0 Å². The van der Waals surface area contributed by atoms with E-state index in [2.05, 4.69) is 6.07 Å². The van der Waals surface area contributed by atoms with Crippen LogP contribution in [0.25, 0.3) is 10.8 Å².